The Morgan fingerprint density at radius 2 is 1.80 bits per heavy atom. The Morgan fingerprint density at radius 1 is 1.08 bits per heavy atom. The Balaban J connectivity index is 1.54. The fourth-order valence-corrected chi connectivity index (χ4v) is 2.98. The number of nitrogens with zero attached hydrogens (tertiary/aromatic N) is 1. The standard InChI is InChI=1S/C19H18N2O3S/c1-23-12-19-21-15(13-25-19)11-18(22)20-14-7-9-17(10-8-14)24-16-5-3-2-4-6-16/h2-10,13H,11-12H2,1H3,(H,20,22). The van der Waals surface area contributed by atoms with Gasteiger partial charge in [0.25, 0.3) is 0 Å². The maximum absolute atomic E-state index is 12.1. The van der Waals surface area contributed by atoms with Crippen LogP contribution in [0.4, 0.5) is 5.69 Å². The second kappa shape index (κ2) is 8.41. The van der Waals surface area contributed by atoms with E-state index < -0.39 is 0 Å². The third kappa shape index (κ3) is 5.14. The molecule has 1 aromatic heterocycles. The average molecular weight is 354 g/mol. The van der Waals surface area contributed by atoms with Crippen molar-refractivity contribution in [2.45, 2.75) is 13.0 Å². The van der Waals surface area contributed by atoms with Crippen molar-refractivity contribution in [1.82, 2.24) is 4.98 Å². The fraction of sp³-hybridized carbons (Fsp3) is 0.158. The van der Waals surface area contributed by atoms with E-state index >= 15 is 0 Å². The lowest BCUT2D eigenvalue weighted by Crippen LogP contribution is -2.14. The smallest absolute Gasteiger partial charge is 0.230 e. The number of hydrogen-bond acceptors (Lipinski definition) is 5. The van der Waals surface area contributed by atoms with Crippen molar-refractivity contribution in [3.8, 4) is 11.5 Å². The molecule has 0 aliphatic rings. The van der Waals surface area contributed by atoms with Crippen molar-refractivity contribution >= 4 is 22.9 Å². The van der Waals surface area contributed by atoms with Gasteiger partial charge in [-0.3, -0.25) is 4.79 Å². The summed E-state index contributed by atoms with van der Waals surface area (Å²) in [4.78, 5) is 16.5. The van der Waals surface area contributed by atoms with Gasteiger partial charge in [0.15, 0.2) is 0 Å². The van der Waals surface area contributed by atoms with Gasteiger partial charge in [0.05, 0.1) is 18.7 Å². The lowest BCUT2D eigenvalue weighted by atomic mass is 10.2. The minimum Gasteiger partial charge on any atom is -0.457 e. The van der Waals surface area contributed by atoms with Crippen LogP contribution in [0.3, 0.4) is 0 Å². The molecule has 0 aliphatic carbocycles. The number of aromatic nitrogens is 1. The van der Waals surface area contributed by atoms with Crippen molar-refractivity contribution in [2.75, 3.05) is 12.4 Å². The number of benzene rings is 2. The number of carbonyl (C=O) groups excluding carboxylic acids is 1. The SMILES string of the molecule is COCc1nc(CC(=O)Nc2ccc(Oc3ccccc3)cc2)cs1. The molecule has 0 saturated carbocycles. The summed E-state index contributed by atoms with van der Waals surface area (Å²) in [6.45, 7) is 0.467. The van der Waals surface area contributed by atoms with E-state index in [1.165, 1.54) is 11.3 Å². The Labute approximate surface area is 150 Å². The molecular formula is C19H18N2O3S. The van der Waals surface area contributed by atoms with Gasteiger partial charge in [-0.15, -0.1) is 11.3 Å². The van der Waals surface area contributed by atoms with Crippen LogP contribution < -0.4 is 10.1 Å². The highest BCUT2D eigenvalue weighted by Gasteiger charge is 2.08. The molecular weight excluding hydrogens is 336 g/mol. The maximum atomic E-state index is 12.1. The number of thiazole rings is 1. The Bertz CT molecular complexity index is 816. The Kier molecular flexibility index (Phi) is 5.77. The summed E-state index contributed by atoms with van der Waals surface area (Å²) in [5.41, 5.74) is 1.47. The zero-order valence-corrected chi connectivity index (χ0v) is 14.6. The molecule has 128 valence electrons. The summed E-state index contributed by atoms with van der Waals surface area (Å²) in [6, 6.07) is 16.8. The van der Waals surface area contributed by atoms with Crippen molar-refractivity contribution in [3.63, 3.8) is 0 Å². The Morgan fingerprint density at radius 3 is 2.52 bits per heavy atom. The van der Waals surface area contributed by atoms with E-state index in [9.17, 15) is 4.79 Å². The molecule has 1 heterocycles. The molecule has 3 rings (SSSR count). The number of methoxy groups -OCH3 is 1. The predicted molar refractivity (Wildman–Crippen MR) is 98.1 cm³/mol. The minimum absolute atomic E-state index is 0.106. The molecule has 0 aliphatic heterocycles. The number of rotatable bonds is 7. The van der Waals surface area contributed by atoms with Crippen LogP contribution in [0.25, 0.3) is 0 Å². The highest BCUT2D eigenvalue weighted by molar-refractivity contribution is 7.09. The molecule has 0 atom stereocenters. The van der Waals surface area contributed by atoms with Crippen LogP contribution in [0.2, 0.25) is 0 Å². The van der Waals surface area contributed by atoms with Gasteiger partial charge in [0, 0.05) is 18.2 Å². The summed E-state index contributed by atoms with van der Waals surface area (Å²) in [5.74, 6) is 1.38. The maximum Gasteiger partial charge on any atom is 0.230 e. The normalized spacial score (nSPS) is 10.4. The molecule has 0 spiro atoms. The quantitative estimate of drug-likeness (QED) is 0.688. The van der Waals surface area contributed by atoms with E-state index in [1.54, 1.807) is 7.11 Å². The van der Waals surface area contributed by atoms with Crippen LogP contribution in [0.5, 0.6) is 11.5 Å². The molecule has 0 radical (unpaired) electrons. The molecule has 0 bridgehead atoms. The Hall–Kier alpha value is -2.70. The van der Waals surface area contributed by atoms with Crippen molar-refractivity contribution in [2.24, 2.45) is 0 Å². The molecule has 1 N–H and O–H groups in total. The first kappa shape index (κ1) is 17.1. The summed E-state index contributed by atoms with van der Waals surface area (Å²) in [7, 11) is 1.62. The molecule has 3 aromatic rings. The lowest BCUT2D eigenvalue weighted by molar-refractivity contribution is -0.115. The van der Waals surface area contributed by atoms with Gasteiger partial charge in [-0.05, 0) is 36.4 Å². The predicted octanol–water partition coefficient (Wildman–Crippen LogP) is 4.26. The number of hydrogen-bond donors (Lipinski definition) is 1. The van der Waals surface area contributed by atoms with Gasteiger partial charge in [0.1, 0.15) is 16.5 Å². The molecule has 2 aromatic carbocycles. The van der Waals surface area contributed by atoms with Crippen LogP contribution in [-0.4, -0.2) is 18.0 Å². The fourth-order valence-electron chi connectivity index (χ4n) is 2.22. The second-order valence-corrected chi connectivity index (χ2v) is 6.27. The number of anilines is 1. The summed E-state index contributed by atoms with van der Waals surface area (Å²) >= 11 is 1.49. The van der Waals surface area contributed by atoms with Gasteiger partial charge < -0.3 is 14.8 Å². The van der Waals surface area contributed by atoms with E-state index in [2.05, 4.69) is 10.3 Å². The molecule has 6 heteroatoms. The monoisotopic (exact) mass is 354 g/mol. The largest absolute Gasteiger partial charge is 0.457 e. The van der Waals surface area contributed by atoms with Gasteiger partial charge in [-0.2, -0.15) is 0 Å². The van der Waals surface area contributed by atoms with Gasteiger partial charge in [0.2, 0.25) is 5.91 Å². The van der Waals surface area contributed by atoms with Crippen LogP contribution in [0.15, 0.2) is 60.0 Å². The van der Waals surface area contributed by atoms with Crippen molar-refractivity contribution in [1.29, 1.82) is 0 Å². The van der Waals surface area contributed by atoms with E-state index in [4.69, 9.17) is 9.47 Å². The highest BCUT2D eigenvalue weighted by Crippen LogP contribution is 2.22. The van der Waals surface area contributed by atoms with E-state index in [0.29, 0.717) is 12.4 Å². The number of nitrogens with one attached hydrogen (secondary N) is 1. The first-order valence-corrected chi connectivity index (χ1v) is 8.66. The third-order valence-corrected chi connectivity index (χ3v) is 4.20. The summed E-state index contributed by atoms with van der Waals surface area (Å²) in [5, 5.41) is 5.61. The summed E-state index contributed by atoms with van der Waals surface area (Å²) in [6.07, 6.45) is 0.239. The minimum atomic E-state index is -0.106. The number of ether oxygens (including phenoxy) is 2. The van der Waals surface area contributed by atoms with Gasteiger partial charge >= 0.3 is 0 Å². The lowest BCUT2D eigenvalue weighted by Gasteiger charge is -2.07. The molecule has 1 amide bonds. The second-order valence-electron chi connectivity index (χ2n) is 5.33. The highest BCUT2D eigenvalue weighted by atomic mass is 32.1. The van der Waals surface area contributed by atoms with Crippen LogP contribution >= 0.6 is 11.3 Å². The number of para-hydroxylation sites is 1. The average Bonchev–Trinajstić information content (AvgIpc) is 3.05. The van der Waals surface area contributed by atoms with Crippen LogP contribution in [0.1, 0.15) is 10.7 Å². The first-order chi connectivity index (χ1) is 12.2. The molecule has 0 unspecified atom stereocenters. The first-order valence-electron chi connectivity index (χ1n) is 7.78. The van der Waals surface area contributed by atoms with Crippen molar-refractivity contribution in [3.05, 3.63) is 70.7 Å². The van der Waals surface area contributed by atoms with E-state index in [1.807, 2.05) is 60.0 Å². The van der Waals surface area contributed by atoms with Crippen molar-refractivity contribution < 1.29 is 14.3 Å². The summed E-state index contributed by atoms with van der Waals surface area (Å²) < 4.78 is 10.8. The number of amides is 1. The zero-order chi connectivity index (χ0) is 17.5. The molecule has 0 saturated heterocycles. The van der Waals surface area contributed by atoms with E-state index in [-0.39, 0.29) is 12.3 Å². The molecule has 5 nitrogen and oxygen atoms in total. The van der Waals surface area contributed by atoms with Gasteiger partial charge in [-0.1, -0.05) is 18.2 Å². The van der Waals surface area contributed by atoms with Crippen LogP contribution in [-0.2, 0) is 22.6 Å². The van der Waals surface area contributed by atoms with E-state index in [0.717, 1.165) is 22.1 Å². The topological polar surface area (TPSA) is 60.5 Å². The van der Waals surface area contributed by atoms with Gasteiger partial charge in [-0.25, -0.2) is 4.98 Å². The third-order valence-electron chi connectivity index (χ3n) is 3.33. The van der Waals surface area contributed by atoms with Crippen LogP contribution in [0, 0.1) is 0 Å². The molecule has 25 heavy (non-hydrogen) atoms. The zero-order valence-electron chi connectivity index (χ0n) is 13.8. The number of carbonyl (C=O) groups is 1. The molecule has 0 fully saturated rings.